The number of fused-ring (bicyclic) bond motifs is 1. The maximum absolute atomic E-state index is 13.4. The van der Waals surface area contributed by atoms with Gasteiger partial charge in [-0.3, -0.25) is 9.59 Å². The molecule has 1 aliphatic heterocycles. The molecule has 0 aliphatic carbocycles. The van der Waals surface area contributed by atoms with E-state index in [1.54, 1.807) is 0 Å². The molecule has 0 aromatic heterocycles. The summed E-state index contributed by atoms with van der Waals surface area (Å²) in [5, 5.41) is 2.97. The molecule has 0 saturated heterocycles. The zero-order chi connectivity index (χ0) is 26.1. The standard InChI is InChI=1S/C27H33F3N2O3/c1-16(2)20-8-7-9-21(17(3)4)25(20)31-23(33)15-24(34)32-22-11-10-19(35-27(28,29)30)14-18(22)12-13-26(32,5)6/h7-11,14,16-17H,12-13,15H2,1-6H3,(H,31,33). The monoisotopic (exact) mass is 490 g/mol. The van der Waals surface area contributed by atoms with E-state index < -0.39 is 23.7 Å². The van der Waals surface area contributed by atoms with Gasteiger partial charge in [0.05, 0.1) is 0 Å². The Bertz CT molecular complexity index is 1080. The van der Waals surface area contributed by atoms with Crippen LogP contribution in [0.4, 0.5) is 24.5 Å². The number of nitrogens with one attached hydrogen (secondary N) is 1. The average molecular weight is 491 g/mol. The van der Waals surface area contributed by atoms with Gasteiger partial charge in [0.15, 0.2) is 0 Å². The number of para-hydroxylation sites is 1. The molecule has 0 fully saturated rings. The largest absolute Gasteiger partial charge is 0.573 e. The highest BCUT2D eigenvalue weighted by atomic mass is 19.4. The van der Waals surface area contributed by atoms with E-state index in [4.69, 9.17) is 0 Å². The molecule has 2 amide bonds. The average Bonchev–Trinajstić information content (AvgIpc) is 2.71. The van der Waals surface area contributed by atoms with E-state index in [-0.39, 0.29) is 24.0 Å². The summed E-state index contributed by atoms with van der Waals surface area (Å²) in [6.45, 7) is 12.0. The number of benzene rings is 2. The fourth-order valence-electron chi connectivity index (χ4n) is 4.62. The molecule has 2 aromatic rings. The molecular formula is C27H33F3N2O3. The number of ether oxygens (including phenoxy) is 1. The molecule has 1 aliphatic rings. The summed E-state index contributed by atoms with van der Waals surface area (Å²) in [5.41, 5.74) is 3.21. The maximum atomic E-state index is 13.4. The third-order valence-electron chi connectivity index (χ3n) is 6.34. The number of aryl methyl sites for hydroxylation is 1. The predicted molar refractivity (Wildman–Crippen MR) is 131 cm³/mol. The van der Waals surface area contributed by atoms with Crippen LogP contribution >= 0.6 is 0 Å². The van der Waals surface area contributed by atoms with Gasteiger partial charge in [-0.2, -0.15) is 0 Å². The summed E-state index contributed by atoms with van der Waals surface area (Å²) in [6, 6.07) is 9.87. The summed E-state index contributed by atoms with van der Waals surface area (Å²) in [6.07, 6.45) is -4.14. The van der Waals surface area contributed by atoms with Crippen LogP contribution in [0.5, 0.6) is 5.75 Å². The number of hydrogen-bond acceptors (Lipinski definition) is 3. The molecule has 0 saturated carbocycles. The van der Waals surface area contributed by atoms with E-state index in [1.165, 1.54) is 23.1 Å². The van der Waals surface area contributed by atoms with Crippen molar-refractivity contribution in [1.82, 2.24) is 0 Å². The van der Waals surface area contributed by atoms with Crippen LogP contribution in [0.3, 0.4) is 0 Å². The van der Waals surface area contributed by atoms with Gasteiger partial charge in [0.25, 0.3) is 0 Å². The van der Waals surface area contributed by atoms with E-state index in [0.29, 0.717) is 24.1 Å². The van der Waals surface area contributed by atoms with Crippen molar-refractivity contribution in [2.24, 2.45) is 0 Å². The summed E-state index contributed by atoms with van der Waals surface area (Å²) in [5.74, 6) is -0.801. The van der Waals surface area contributed by atoms with Crippen LogP contribution in [0.2, 0.25) is 0 Å². The first-order valence-corrected chi connectivity index (χ1v) is 11.8. The number of rotatable bonds is 6. The Hall–Kier alpha value is -3.03. The lowest BCUT2D eigenvalue weighted by Crippen LogP contribution is -2.51. The number of hydrogen-bond donors (Lipinski definition) is 1. The van der Waals surface area contributed by atoms with Crippen LogP contribution in [0, 0.1) is 0 Å². The van der Waals surface area contributed by atoms with E-state index in [1.807, 2.05) is 59.7 Å². The lowest BCUT2D eigenvalue weighted by Gasteiger charge is -2.43. The summed E-state index contributed by atoms with van der Waals surface area (Å²) >= 11 is 0. The molecule has 190 valence electrons. The van der Waals surface area contributed by atoms with Gasteiger partial charge in [-0.1, -0.05) is 45.9 Å². The first-order chi connectivity index (χ1) is 16.2. The number of carbonyl (C=O) groups excluding carboxylic acids is 2. The molecule has 0 bridgehead atoms. The number of nitrogens with zero attached hydrogens (tertiary/aromatic N) is 1. The summed E-state index contributed by atoms with van der Waals surface area (Å²) < 4.78 is 42.0. The number of amides is 2. The molecule has 0 unspecified atom stereocenters. The SMILES string of the molecule is CC(C)c1cccc(C(C)C)c1NC(=O)CC(=O)N1c2ccc(OC(F)(F)F)cc2CCC1(C)C. The highest BCUT2D eigenvalue weighted by Crippen LogP contribution is 2.40. The van der Waals surface area contributed by atoms with Gasteiger partial charge in [-0.05, 0) is 73.4 Å². The molecule has 1 N–H and O–H groups in total. The van der Waals surface area contributed by atoms with Gasteiger partial charge in [-0.15, -0.1) is 13.2 Å². The van der Waals surface area contributed by atoms with Crippen LogP contribution in [-0.2, 0) is 16.0 Å². The second-order valence-electron chi connectivity index (χ2n) is 10.2. The van der Waals surface area contributed by atoms with Gasteiger partial charge in [0, 0.05) is 16.9 Å². The van der Waals surface area contributed by atoms with Crippen molar-refractivity contribution in [3.05, 3.63) is 53.1 Å². The second-order valence-corrected chi connectivity index (χ2v) is 10.2. The highest BCUT2D eigenvalue weighted by molar-refractivity contribution is 6.10. The Balaban J connectivity index is 1.86. The first kappa shape index (κ1) is 26.6. The third-order valence-corrected chi connectivity index (χ3v) is 6.34. The van der Waals surface area contributed by atoms with Crippen LogP contribution in [0.15, 0.2) is 36.4 Å². The van der Waals surface area contributed by atoms with Crippen molar-refractivity contribution in [2.45, 2.75) is 84.5 Å². The Morgan fingerprint density at radius 3 is 2.20 bits per heavy atom. The van der Waals surface area contributed by atoms with Crippen LogP contribution in [0.1, 0.15) is 82.9 Å². The van der Waals surface area contributed by atoms with E-state index in [9.17, 15) is 22.8 Å². The number of halogens is 3. The molecule has 0 atom stereocenters. The van der Waals surface area contributed by atoms with Crippen molar-refractivity contribution in [3.63, 3.8) is 0 Å². The smallest absolute Gasteiger partial charge is 0.406 e. The predicted octanol–water partition coefficient (Wildman–Crippen LogP) is 6.92. The van der Waals surface area contributed by atoms with Crippen molar-refractivity contribution in [1.29, 1.82) is 0 Å². The minimum atomic E-state index is -4.79. The number of carbonyl (C=O) groups is 2. The molecule has 35 heavy (non-hydrogen) atoms. The van der Waals surface area contributed by atoms with Gasteiger partial charge in [0.2, 0.25) is 11.8 Å². The van der Waals surface area contributed by atoms with E-state index in [2.05, 4.69) is 10.1 Å². The second kappa shape index (κ2) is 9.91. The van der Waals surface area contributed by atoms with Crippen molar-refractivity contribution in [3.8, 4) is 5.75 Å². The Labute approximate surface area is 204 Å². The molecule has 2 aromatic carbocycles. The lowest BCUT2D eigenvalue weighted by atomic mass is 9.86. The molecule has 8 heteroatoms. The minimum absolute atomic E-state index is 0.181. The van der Waals surface area contributed by atoms with Crippen molar-refractivity contribution >= 4 is 23.2 Å². The van der Waals surface area contributed by atoms with Gasteiger partial charge >= 0.3 is 6.36 Å². The minimum Gasteiger partial charge on any atom is -0.406 e. The van der Waals surface area contributed by atoms with Crippen molar-refractivity contribution < 1.29 is 27.5 Å². The normalized spacial score (nSPS) is 15.2. The van der Waals surface area contributed by atoms with E-state index in [0.717, 1.165) is 16.8 Å². The quantitative estimate of drug-likeness (QED) is 0.447. The number of anilines is 2. The van der Waals surface area contributed by atoms with E-state index >= 15 is 0 Å². The topological polar surface area (TPSA) is 58.6 Å². The molecular weight excluding hydrogens is 457 g/mol. The summed E-state index contributed by atoms with van der Waals surface area (Å²) in [7, 11) is 0. The van der Waals surface area contributed by atoms with Gasteiger partial charge in [0.1, 0.15) is 12.2 Å². The molecule has 0 spiro atoms. The Morgan fingerprint density at radius 2 is 1.66 bits per heavy atom. The zero-order valence-corrected chi connectivity index (χ0v) is 21.0. The zero-order valence-electron chi connectivity index (χ0n) is 21.0. The fraction of sp³-hybridized carbons (Fsp3) is 0.481. The Kier molecular flexibility index (Phi) is 7.53. The lowest BCUT2D eigenvalue weighted by molar-refractivity contribution is -0.274. The number of alkyl halides is 3. The van der Waals surface area contributed by atoms with Crippen LogP contribution in [-0.4, -0.2) is 23.7 Å². The first-order valence-electron chi connectivity index (χ1n) is 11.8. The van der Waals surface area contributed by atoms with Gasteiger partial charge < -0.3 is 15.0 Å². The molecule has 1 heterocycles. The molecule has 3 rings (SSSR count). The third kappa shape index (κ3) is 6.16. The van der Waals surface area contributed by atoms with Crippen LogP contribution in [0.25, 0.3) is 0 Å². The fourth-order valence-corrected chi connectivity index (χ4v) is 4.62. The molecule has 0 radical (unpaired) electrons. The summed E-state index contributed by atoms with van der Waals surface area (Å²) in [4.78, 5) is 28.0. The Morgan fingerprint density at radius 1 is 1.06 bits per heavy atom. The van der Waals surface area contributed by atoms with Crippen molar-refractivity contribution in [2.75, 3.05) is 10.2 Å². The van der Waals surface area contributed by atoms with Gasteiger partial charge in [-0.25, -0.2) is 0 Å². The maximum Gasteiger partial charge on any atom is 0.573 e. The highest BCUT2D eigenvalue weighted by Gasteiger charge is 2.38. The molecule has 5 nitrogen and oxygen atoms in total. The van der Waals surface area contributed by atoms with Crippen LogP contribution < -0.4 is 15.0 Å².